The molecule has 0 saturated heterocycles. The minimum Gasteiger partial charge on any atom is -0.449 e. The Bertz CT molecular complexity index is 184. The Kier molecular flexibility index (Phi) is 7.07. The molecule has 90 valence electrons. The lowest BCUT2D eigenvalue weighted by Gasteiger charge is -2.19. The van der Waals surface area contributed by atoms with Crippen LogP contribution in [0, 0.1) is 5.92 Å². The lowest BCUT2D eigenvalue weighted by Crippen LogP contribution is -2.37. The topological polar surface area (TPSA) is 67.6 Å². The second-order valence-electron chi connectivity index (χ2n) is 3.96. The molecule has 5 heteroatoms. The molecule has 1 amide bonds. The molecule has 0 bridgehead atoms. The Morgan fingerprint density at radius 2 is 2.13 bits per heavy atom. The third kappa shape index (κ3) is 7.16. The van der Waals surface area contributed by atoms with Crippen LogP contribution in [0.15, 0.2) is 0 Å². The van der Waals surface area contributed by atoms with Gasteiger partial charge in [-0.15, -0.1) is 0 Å². The van der Waals surface area contributed by atoms with Gasteiger partial charge in [0.1, 0.15) is 0 Å². The molecule has 0 aliphatic heterocycles. The Balaban J connectivity index is 3.64. The van der Waals surface area contributed by atoms with Crippen LogP contribution in [0.25, 0.3) is 0 Å². The first kappa shape index (κ1) is 14.2. The van der Waals surface area contributed by atoms with Gasteiger partial charge < -0.3 is 10.5 Å². The highest BCUT2D eigenvalue weighted by Gasteiger charge is 2.12. The predicted octanol–water partition coefficient (Wildman–Crippen LogP) is 0.953. The Morgan fingerprint density at radius 1 is 1.53 bits per heavy atom. The van der Waals surface area contributed by atoms with Gasteiger partial charge in [0.25, 0.3) is 0 Å². The number of nitrogens with two attached hydrogens (primary N) is 1. The number of ether oxygens (including phenoxy) is 1. The summed E-state index contributed by atoms with van der Waals surface area (Å²) < 4.78 is 4.99. The summed E-state index contributed by atoms with van der Waals surface area (Å²) in [7, 11) is 3.47. The zero-order chi connectivity index (χ0) is 11.8. The molecule has 0 aliphatic carbocycles. The van der Waals surface area contributed by atoms with Crippen molar-refractivity contribution in [3.8, 4) is 0 Å². The van der Waals surface area contributed by atoms with Crippen molar-refractivity contribution >= 4 is 6.09 Å². The van der Waals surface area contributed by atoms with Crippen molar-refractivity contribution in [2.75, 3.05) is 20.7 Å². The molecule has 0 aromatic rings. The Hall–Kier alpha value is -0.810. The van der Waals surface area contributed by atoms with Crippen LogP contribution in [-0.2, 0) is 4.74 Å². The summed E-state index contributed by atoms with van der Waals surface area (Å²) in [5.74, 6) is 0.414. The number of amides is 1. The lowest BCUT2D eigenvalue weighted by atomic mass is 9.96. The number of hydrogen-bond acceptors (Lipinski definition) is 4. The van der Waals surface area contributed by atoms with Gasteiger partial charge in [0.2, 0.25) is 0 Å². The fraction of sp³-hybridized carbons (Fsp3) is 0.900. The molecular formula is C10H23N3O2. The molecule has 0 aromatic carbocycles. The average molecular weight is 217 g/mol. The smallest absolute Gasteiger partial charge is 0.421 e. The Morgan fingerprint density at radius 3 is 2.53 bits per heavy atom. The van der Waals surface area contributed by atoms with Crippen LogP contribution in [-0.4, -0.2) is 37.8 Å². The fourth-order valence-electron chi connectivity index (χ4n) is 1.36. The molecule has 0 fully saturated rings. The minimum absolute atomic E-state index is 0.149. The summed E-state index contributed by atoms with van der Waals surface area (Å²) in [6, 6.07) is 0.149. The van der Waals surface area contributed by atoms with E-state index in [9.17, 15) is 4.79 Å². The number of rotatable bonds is 6. The molecule has 0 saturated carbocycles. The summed E-state index contributed by atoms with van der Waals surface area (Å²) in [5, 5.41) is 1.55. The van der Waals surface area contributed by atoms with E-state index in [1.165, 1.54) is 0 Å². The molecule has 0 heterocycles. The first-order valence-electron chi connectivity index (χ1n) is 5.33. The van der Waals surface area contributed by atoms with E-state index in [-0.39, 0.29) is 6.04 Å². The molecule has 0 rings (SSSR count). The van der Waals surface area contributed by atoms with Gasteiger partial charge in [0.15, 0.2) is 0 Å². The molecule has 0 radical (unpaired) electrons. The average Bonchev–Trinajstić information content (AvgIpc) is 2.10. The zero-order valence-electron chi connectivity index (χ0n) is 10.1. The van der Waals surface area contributed by atoms with Crippen LogP contribution < -0.4 is 11.2 Å². The van der Waals surface area contributed by atoms with Gasteiger partial charge in [-0.05, 0) is 19.3 Å². The van der Waals surface area contributed by atoms with Gasteiger partial charge in [0, 0.05) is 20.1 Å². The minimum atomic E-state index is -0.417. The van der Waals surface area contributed by atoms with Crippen molar-refractivity contribution in [2.45, 2.75) is 32.7 Å². The van der Waals surface area contributed by atoms with Gasteiger partial charge in [-0.2, -0.15) is 0 Å². The van der Waals surface area contributed by atoms with E-state index in [1.54, 1.807) is 19.1 Å². The molecule has 2 unspecified atom stereocenters. The number of hydrazine groups is 1. The van der Waals surface area contributed by atoms with Crippen molar-refractivity contribution in [1.82, 2.24) is 10.4 Å². The van der Waals surface area contributed by atoms with E-state index in [4.69, 9.17) is 10.5 Å². The quantitative estimate of drug-likeness (QED) is 0.650. The number of carbonyl (C=O) groups excluding carboxylic acids is 1. The van der Waals surface area contributed by atoms with Crippen LogP contribution >= 0.6 is 0 Å². The number of carbonyl (C=O) groups is 1. The maximum atomic E-state index is 11.1. The van der Waals surface area contributed by atoms with Crippen molar-refractivity contribution < 1.29 is 9.53 Å². The largest absolute Gasteiger partial charge is 0.449 e. The van der Waals surface area contributed by atoms with E-state index >= 15 is 0 Å². The van der Waals surface area contributed by atoms with E-state index < -0.39 is 6.09 Å². The van der Waals surface area contributed by atoms with Crippen LogP contribution in [0.2, 0.25) is 0 Å². The number of nitrogens with one attached hydrogen (secondary N) is 1. The molecular weight excluding hydrogens is 194 g/mol. The maximum absolute atomic E-state index is 11.1. The van der Waals surface area contributed by atoms with Crippen LogP contribution in [0.4, 0.5) is 4.79 Å². The van der Waals surface area contributed by atoms with Gasteiger partial charge in [-0.1, -0.05) is 13.3 Å². The maximum Gasteiger partial charge on any atom is 0.421 e. The highest BCUT2D eigenvalue weighted by atomic mass is 16.6. The van der Waals surface area contributed by atoms with Crippen molar-refractivity contribution in [3.05, 3.63) is 0 Å². The second-order valence-corrected chi connectivity index (χ2v) is 3.96. The summed E-state index contributed by atoms with van der Waals surface area (Å²) >= 11 is 0. The normalized spacial score (nSPS) is 14.8. The molecule has 3 N–H and O–H groups in total. The van der Waals surface area contributed by atoms with Crippen molar-refractivity contribution in [3.63, 3.8) is 0 Å². The summed E-state index contributed by atoms with van der Waals surface area (Å²) in [5.41, 5.74) is 8.29. The lowest BCUT2D eigenvalue weighted by molar-refractivity contribution is 0.114. The molecule has 0 aliphatic rings. The van der Waals surface area contributed by atoms with Crippen LogP contribution in [0.5, 0.6) is 0 Å². The van der Waals surface area contributed by atoms with E-state index in [0.29, 0.717) is 12.5 Å². The van der Waals surface area contributed by atoms with E-state index in [2.05, 4.69) is 12.3 Å². The first-order valence-corrected chi connectivity index (χ1v) is 5.33. The van der Waals surface area contributed by atoms with Crippen LogP contribution in [0.3, 0.4) is 0 Å². The number of nitrogens with zero attached hydrogens (tertiary/aromatic N) is 1. The summed E-state index contributed by atoms with van der Waals surface area (Å²) in [6.45, 7) is 4.49. The van der Waals surface area contributed by atoms with Gasteiger partial charge in [-0.3, -0.25) is 5.43 Å². The monoisotopic (exact) mass is 217 g/mol. The third-order valence-corrected chi connectivity index (χ3v) is 2.30. The molecule has 15 heavy (non-hydrogen) atoms. The molecule has 0 spiro atoms. The molecule has 0 aromatic heterocycles. The van der Waals surface area contributed by atoms with E-state index in [0.717, 1.165) is 12.8 Å². The standard InChI is InChI=1S/C10H23N3O2/c1-5-9(8(2)11)6-7-15-10(14)12-13(3)4/h8-9H,5-7,11H2,1-4H3,(H,12,14). The summed E-state index contributed by atoms with van der Waals surface area (Å²) in [4.78, 5) is 11.1. The van der Waals surface area contributed by atoms with Crippen LogP contribution in [0.1, 0.15) is 26.7 Å². The molecule has 5 nitrogen and oxygen atoms in total. The third-order valence-electron chi connectivity index (χ3n) is 2.30. The SMILES string of the molecule is CCC(CCOC(=O)NN(C)C)C(C)N. The zero-order valence-corrected chi connectivity index (χ0v) is 10.1. The highest BCUT2D eigenvalue weighted by Crippen LogP contribution is 2.11. The Labute approximate surface area is 91.9 Å². The second kappa shape index (κ2) is 7.48. The number of hydrogen-bond donors (Lipinski definition) is 2. The van der Waals surface area contributed by atoms with E-state index in [1.807, 2.05) is 6.92 Å². The fourth-order valence-corrected chi connectivity index (χ4v) is 1.36. The first-order chi connectivity index (χ1) is 6.97. The van der Waals surface area contributed by atoms with Crippen molar-refractivity contribution in [1.29, 1.82) is 0 Å². The predicted molar refractivity (Wildman–Crippen MR) is 60.2 cm³/mol. The van der Waals surface area contributed by atoms with Gasteiger partial charge in [0.05, 0.1) is 6.61 Å². The van der Waals surface area contributed by atoms with Crippen molar-refractivity contribution in [2.24, 2.45) is 11.7 Å². The highest BCUT2D eigenvalue weighted by molar-refractivity contribution is 5.66. The van der Waals surface area contributed by atoms with Gasteiger partial charge >= 0.3 is 6.09 Å². The van der Waals surface area contributed by atoms with Gasteiger partial charge in [-0.25, -0.2) is 9.80 Å². The summed E-state index contributed by atoms with van der Waals surface area (Å²) in [6.07, 6.45) is 1.41. The molecule has 2 atom stereocenters.